The predicted molar refractivity (Wildman–Crippen MR) is 145 cm³/mol. The molecule has 0 radical (unpaired) electrons. The Balaban J connectivity index is 1.35. The van der Waals surface area contributed by atoms with Crippen molar-refractivity contribution in [2.24, 2.45) is 10.1 Å². The number of hydrazone groups is 1. The molecule has 2 aliphatic rings. The maximum Gasteiger partial charge on any atom is 0.262 e. The van der Waals surface area contributed by atoms with Crippen LogP contribution >= 0.6 is 11.8 Å². The van der Waals surface area contributed by atoms with Crippen LogP contribution < -0.4 is 14.8 Å². The smallest absolute Gasteiger partial charge is 0.262 e. The number of hydrogen-bond donors (Lipinski definition) is 1. The van der Waals surface area contributed by atoms with Crippen LogP contribution in [0.3, 0.4) is 0 Å². The van der Waals surface area contributed by atoms with Gasteiger partial charge in [0, 0.05) is 18.4 Å². The molecule has 2 aliphatic heterocycles. The second kappa shape index (κ2) is 10.9. The molecule has 0 saturated heterocycles. The minimum absolute atomic E-state index is 0.00908. The molecule has 0 aliphatic carbocycles. The number of aliphatic imine (C=N–C) groups is 1. The lowest BCUT2D eigenvalue weighted by Gasteiger charge is -2.23. The number of nitrogens with one attached hydrogen (secondary N) is 1. The van der Waals surface area contributed by atoms with Gasteiger partial charge in [-0.15, -0.1) is 0 Å². The first-order valence-corrected chi connectivity index (χ1v) is 12.7. The number of para-hydroxylation sites is 2. The van der Waals surface area contributed by atoms with E-state index < -0.39 is 5.25 Å². The van der Waals surface area contributed by atoms with Gasteiger partial charge in [0.2, 0.25) is 5.91 Å². The van der Waals surface area contributed by atoms with Crippen molar-refractivity contribution in [3.63, 3.8) is 0 Å². The molecule has 1 N–H and O–H groups in total. The number of amides is 2. The Bertz CT molecular complexity index is 1380. The first-order chi connectivity index (χ1) is 18.1. The highest BCUT2D eigenvalue weighted by Crippen LogP contribution is 2.39. The Morgan fingerprint density at radius 1 is 1.03 bits per heavy atom. The predicted octanol–water partition coefficient (Wildman–Crippen LogP) is 4.88. The Labute approximate surface area is 219 Å². The van der Waals surface area contributed by atoms with Crippen molar-refractivity contribution < 1.29 is 19.1 Å². The van der Waals surface area contributed by atoms with Crippen molar-refractivity contribution in [2.75, 3.05) is 19.5 Å². The molecule has 3 aromatic carbocycles. The summed E-state index contributed by atoms with van der Waals surface area (Å²) in [4.78, 5) is 29.9. The van der Waals surface area contributed by atoms with Gasteiger partial charge < -0.3 is 14.8 Å². The Kier molecular flexibility index (Phi) is 7.23. The van der Waals surface area contributed by atoms with Crippen molar-refractivity contribution in [3.8, 4) is 11.5 Å². The van der Waals surface area contributed by atoms with E-state index in [1.165, 1.54) is 11.8 Å². The van der Waals surface area contributed by atoms with Crippen LogP contribution in [0.1, 0.15) is 30.0 Å². The molecule has 2 heterocycles. The SMILES string of the molecule is COc1cccc(C2=NN(C3=NC(=O)[C@@H](CC(=O)Nc4ccccc4OC)S3)[C@H](c3ccccc3)C2)c1. The number of benzene rings is 3. The number of ether oxygens (including phenoxy) is 2. The number of hydrogen-bond acceptors (Lipinski definition) is 7. The molecule has 8 nitrogen and oxygen atoms in total. The Morgan fingerprint density at radius 3 is 2.59 bits per heavy atom. The van der Waals surface area contributed by atoms with Crippen LogP contribution in [0.15, 0.2) is 89.0 Å². The minimum Gasteiger partial charge on any atom is -0.497 e. The van der Waals surface area contributed by atoms with Crippen LogP contribution in [0.2, 0.25) is 0 Å². The van der Waals surface area contributed by atoms with Crippen LogP contribution in [-0.2, 0) is 9.59 Å². The van der Waals surface area contributed by atoms with Gasteiger partial charge in [0.25, 0.3) is 5.91 Å². The highest BCUT2D eigenvalue weighted by atomic mass is 32.2. The zero-order valence-electron chi connectivity index (χ0n) is 20.5. The highest BCUT2D eigenvalue weighted by Gasteiger charge is 2.39. The number of carbonyl (C=O) groups is 2. The van der Waals surface area contributed by atoms with Crippen LogP contribution in [-0.4, -0.2) is 47.2 Å². The van der Waals surface area contributed by atoms with Crippen molar-refractivity contribution in [3.05, 3.63) is 90.0 Å². The molecule has 2 amide bonds. The summed E-state index contributed by atoms with van der Waals surface area (Å²) >= 11 is 1.27. The summed E-state index contributed by atoms with van der Waals surface area (Å²) in [5, 5.41) is 9.39. The second-order valence-corrected chi connectivity index (χ2v) is 9.72. The van der Waals surface area contributed by atoms with Gasteiger partial charge in [-0.25, -0.2) is 5.01 Å². The van der Waals surface area contributed by atoms with Crippen LogP contribution in [0.25, 0.3) is 0 Å². The maximum absolute atomic E-state index is 12.8. The zero-order chi connectivity index (χ0) is 25.8. The summed E-state index contributed by atoms with van der Waals surface area (Å²) in [6.45, 7) is 0. The molecule has 188 valence electrons. The van der Waals surface area contributed by atoms with Gasteiger partial charge in [0.05, 0.1) is 31.7 Å². The molecule has 0 aromatic heterocycles. The third kappa shape index (κ3) is 5.36. The number of anilines is 1. The molecule has 37 heavy (non-hydrogen) atoms. The minimum atomic E-state index is -0.628. The van der Waals surface area contributed by atoms with Gasteiger partial charge in [0.15, 0.2) is 5.17 Å². The lowest BCUT2D eigenvalue weighted by molar-refractivity contribution is -0.121. The fraction of sp³-hybridized carbons (Fsp3) is 0.214. The summed E-state index contributed by atoms with van der Waals surface area (Å²) in [5.41, 5.74) is 3.45. The number of rotatable bonds is 7. The van der Waals surface area contributed by atoms with E-state index in [2.05, 4.69) is 10.3 Å². The zero-order valence-corrected chi connectivity index (χ0v) is 21.3. The van der Waals surface area contributed by atoms with Gasteiger partial charge in [-0.2, -0.15) is 10.1 Å². The maximum atomic E-state index is 12.8. The van der Waals surface area contributed by atoms with E-state index in [0.717, 1.165) is 22.6 Å². The molecule has 0 spiro atoms. The lowest BCUT2D eigenvalue weighted by atomic mass is 9.98. The lowest BCUT2D eigenvalue weighted by Crippen LogP contribution is -2.25. The third-order valence-electron chi connectivity index (χ3n) is 6.17. The monoisotopic (exact) mass is 514 g/mol. The van der Waals surface area contributed by atoms with Crippen LogP contribution in [0, 0.1) is 0 Å². The number of carbonyl (C=O) groups excluding carboxylic acids is 2. The van der Waals surface area contributed by atoms with Gasteiger partial charge in [-0.1, -0.05) is 66.4 Å². The van der Waals surface area contributed by atoms with E-state index >= 15 is 0 Å². The molecule has 5 rings (SSSR count). The molecular formula is C28H26N4O4S. The van der Waals surface area contributed by atoms with E-state index in [1.54, 1.807) is 26.4 Å². The molecular weight excluding hydrogens is 488 g/mol. The summed E-state index contributed by atoms with van der Waals surface area (Å²) in [6.07, 6.45) is 0.634. The van der Waals surface area contributed by atoms with E-state index in [0.29, 0.717) is 23.0 Å². The van der Waals surface area contributed by atoms with Gasteiger partial charge >= 0.3 is 0 Å². The average Bonchev–Trinajstić information content (AvgIpc) is 3.53. The van der Waals surface area contributed by atoms with Crippen molar-refractivity contribution in [1.82, 2.24) is 5.01 Å². The van der Waals surface area contributed by atoms with Crippen molar-refractivity contribution in [2.45, 2.75) is 24.1 Å². The van der Waals surface area contributed by atoms with Crippen molar-refractivity contribution >= 4 is 40.1 Å². The average molecular weight is 515 g/mol. The van der Waals surface area contributed by atoms with Gasteiger partial charge in [-0.3, -0.25) is 9.59 Å². The van der Waals surface area contributed by atoms with E-state index in [9.17, 15) is 9.59 Å². The summed E-state index contributed by atoms with van der Waals surface area (Å²) in [6, 6.07) is 24.8. The molecule has 2 atom stereocenters. The van der Waals surface area contributed by atoms with E-state index in [1.807, 2.05) is 71.7 Å². The summed E-state index contributed by atoms with van der Waals surface area (Å²) < 4.78 is 10.7. The van der Waals surface area contributed by atoms with Gasteiger partial charge in [-0.05, 0) is 29.8 Å². The topological polar surface area (TPSA) is 92.6 Å². The molecule has 3 aromatic rings. The third-order valence-corrected chi connectivity index (χ3v) is 7.32. The highest BCUT2D eigenvalue weighted by molar-refractivity contribution is 8.15. The van der Waals surface area contributed by atoms with Gasteiger partial charge in [0.1, 0.15) is 16.7 Å². The molecule has 0 saturated carbocycles. The largest absolute Gasteiger partial charge is 0.497 e. The Morgan fingerprint density at radius 2 is 1.81 bits per heavy atom. The molecule has 0 bridgehead atoms. The van der Waals surface area contributed by atoms with Crippen LogP contribution in [0.5, 0.6) is 11.5 Å². The van der Waals surface area contributed by atoms with E-state index in [-0.39, 0.29) is 24.3 Å². The number of amidine groups is 1. The van der Waals surface area contributed by atoms with E-state index in [4.69, 9.17) is 14.6 Å². The number of methoxy groups -OCH3 is 2. The molecule has 0 fully saturated rings. The van der Waals surface area contributed by atoms with Crippen LogP contribution in [0.4, 0.5) is 5.69 Å². The normalized spacial score (nSPS) is 18.9. The molecule has 0 unspecified atom stereocenters. The fourth-order valence-electron chi connectivity index (χ4n) is 4.32. The number of thioether (sulfide) groups is 1. The second-order valence-electron chi connectivity index (χ2n) is 8.55. The standard InChI is InChI=1S/C28H26N4O4S/c1-35-20-12-8-11-19(15-20)22-16-23(18-9-4-3-5-10-18)32(31-22)28-30-27(34)25(37-28)17-26(33)29-21-13-6-7-14-24(21)36-2/h3-15,23,25H,16-17H2,1-2H3,(H,29,33)/t23-,25+/m0/s1. The first kappa shape index (κ1) is 24.6. The number of nitrogens with zero attached hydrogens (tertiary/aromatic N) is 3. The molecule has 9 heteroatoms. The van der Waals surface area contributed by atoms with Crippen molar-refractivity contribution in [1.29, 1.82) is 0 Å². The first-order valence-electron chi connectivity index (χ1n) is 11.8. The summed E-state index contributed by atoms with van der Waals surface area (Å²) in [5.74, 6) is 0.680. The Hall–Kier alpha value is -4.11. The summed E-state index contributed by atoms with van der Waals surface area (Å²) in [7, 11) is 3.18. The quantitative estimate of drug-likeness (QED) is 0.483. The fourth-order valence-corrected chi connectivity index (χ4v) is 5.38.